The molecule has 0 bridgehead atoms. The van der Waals surface area contributed by atoms with E-state index in [0.717, 1.165) is 4.47 Å². The maximum absolute atomic E-state index is 11.9. The Morgan fingerprint density at radius 2 is 1.80 bits per heavy atom. The van der Waals surface area contributed by atoms with Crippen LogP contribution in [-0.2, 0) is 4.79 Å². The number of halogens is 1. The first-order chi connectivity index (χ1) is 12.2. The summed E-state index contributed by atoms with van der Waals surface area (Å²) in [7, 11) is 0. The van der Waals surface area contributed by atoms with E-state index < -0.39 is 0 Å². The fourth-order valence-corrected chi connectivity index (χ4v) is 2.31. The van der Waals surface area contributed by atoms with Crippen molar-refractivity contribution in [3.05, 3.63) is 71.7 Å². The van der Waals surface area contributed by atoms with E-state index in [-0.39, 0.29) is 12.5 Å². The largest absolute Gasteiger partial charge is 0.482 e. The Morgan fingerprint density at radius 3 is 2.52 bits per heavy atom. The molecule has 1 amide bonds. The van der Waals surface area contributed by atoms with Crippen molar-refractivity contribution in [3.63, 3.8) is 0 Å². The fourth-order valence-electron chi connectivity index (χ4n) is 1.97. The molecule has 0 spiro atoms. The van der Waals surface area contributed by atoms with Gasteiger partial charge in [0.25, 0.3) is 5.91 Å². The third-order valence-electron chi connectivity index (χ3n) is 3.06. The number of ether oxygens (including phenoxy) is 2. The lowest BCUT2D eigenvalue weighted by Crippen LogP contribution is -2.20. The molecule has 3 aromatic rings. The molecule has 0 fully saturated rings. The molecule has 0 radical (unpaired) electrons. The first-order valence-corrected chi connectivity index (χ1v) is 8.19. The molecule has 0 saturated heterocycles. The summed E-state index contributed by atoms with van der Waals surface area (Å²) in [5, 5.41) is 2.75. The number of nitrogens with zero attached hydrogens (tertiary/aromatic N) is 2. The maximum atomic E-state index is 11.9. The Hall–Kier alpha value is -2.93. The molecule has 7 heteroatoms. The van der Waals surface area contributed by atoms with E-state index in [1.54, 1.807) is 61.2 Å². The molecule has 0 aliphatic carbocycles. The summed E-state index contributed by atoms with van der Waals surface area (Å²) in [6, 6.07) is 12.4. The van der Waals surface area contributed by atoms with Crippen molar-refractivity contribution in [2.75, 3.05) is 11.9 Å². The number of nitrogens with one attached hydrogen (secondary N) is 1. The molecule has 6 nitrogen and oxygen atoms in total. The Morgan fingerprint density at radius 1 is 1.00 bits per heavy atom. The molecule has 2 heterocycles. The van der Waals surface area contributed by atoms with E-state index in [1.807, 2.05) is 6.07 Å². The summed E-state index contributed by atoms with van der Waals surface area (Å²) in [5.41, 5.74) is 0.652. The van der Waals surface area contributed by atoms with Gasteiger partial charge in [0.15, 0.2) is 6.61 Å². The maximum Gasteiger partial charge on any atom is 0.262 e. The van der Waals surface area contributed by atoms with Crippen molar-refractivity contribution in [1.82, 2.24) is 9.97 Å². The van der Waals surface area contributed by atoms with Gasteiger partial charge in [0.1, 0.15) is 17.2 Å². The number of hydrogen-bond acceptors (Lipinski definition) is 5. The minimum absolute atomic E-state index is 0.105. The zero-order valence-corrected chi connectivity index (χ0v) is 14.6. The summed E-state index contributed by atoms with van der Waals surface area (Å²) in [4.78, 5) is 19.9. The smallest absolute Gasteiger partial charge is 0.262 e. The molecule has 25 heavy (non-hydrogen) atoms. The number of aromatic nitrogens is 2. The average Bonchev–Trinajstić information content (AvgIpc) is 2.63. The van der Waals surface area contributed by atoms with E-state index in [4.69, 9.17) is 9.47 Å². The van der Waals surface area contributed by atoms with Crippen LogP contribution >= 0.6 is 15.9 Å². The summed E-state index contributed by atoms with van der Waals surface area (Å²) in [5.74, 6) is 1.56. The normalized spacial score (nSPS) is 10.1. The molecule has 126 valence electrons. The fraction of sp³-hybridized carbons (Fsp3) is 0.0556. The highest BCUT2D eigenvalue weighted by atomic mass is 79.9. The highest BCUT2D eigenvalue weighted by Gasteiger charge is 2.05. The van der Waals surface area contributed by atoms with Gasteiger partial charge in [-0.25, -0.2) is 0 Å². The quantitative estimate of drug-likeness (QED) is 0.676. The molecule has 0 aliphatic heterocycles. The second kappa shape index (κ2) is 8.25. The van der Waals surface area contributed by atoms with Crippen LogP contribution in [0.25, 0.3) is 0 Å². The Labute approximate surface area is 153 Å². The third kappa shape index (κ3) is 5.29. The summed E-state index contributed by atoms with van der Waals surface area (Å²) >= 11 is 3.29. The van der Waals surface area contributed by atoms with Gasteiger partial charge in [-0.3, -0.25) is 14.8 Å². The van der Waals surface area contributed by atoms with Gasteiger partial charge in [0.05, 0.1) is 12.4 Å². The van der Waals surface area contributed by atoms with Crippen molar-refractivity contribution in [3.8, 4) is 17.2 Å². The minimum atomic E-state index is -0.263. The second-order valence-electron chi connectivity index (χ2n) is 4.99. The predicted octanol–water partition coefficient (Wildman–Crippen LogP) is 4.05. The van der Waals surface area contributed by atoms with Gasteiger partial charge in [0, 0.05) is 22.6 Å². The van der Waals surface area contributed by atoms with Gasteiger partial charge < -0.3 is 14.8 Å². The van der Waals surface area contributed by atoms with Crippen LogP contribution in [0.3, 0.4) is 0 Å². The lowest BCUT2D eigenvalue weighted by Gasteiger charge is -2.09. The molecule has 0 atom stereocenters. The summed E-state index contributed by atoms with van der Waals surface area (Å²) in [6.07, 6.45) is 6.49. The first-order valence-electron chi connectivity index (χ1n) is 7.40. The van der Waals surface area contributed by atoms with E-state index in [2.05, 4.69) is 31.2 Å². The number of anilines is 1. The van der Waals surface area contributed by atoms with Crippen LogP contribution in [0.1, 0.15) is 0 Å². The molecular formula is C18H14BrN3O3. The van der Waals surface area contributed by atoms with Crippen molar-refractivity contribution >= 4 is 27.5 Å². The number of carbonyl (C=O) groups excluding carboxylic acids is 1. The molecule has 1 N–H and O–H groups in total. The van der Waals surface area contributed by atoms with Crippen molar-refractivity contribution in [2.45, 2.75) is 0 Å². The molecule has 0 unspecified atom stereocenters. The average molecular weight is 400 g/mol. The Balaban J connectivity index is 1.51. The van der Waals surface area contributed by atoms with Crippen molar-refractivity contribution in [1.29, 1.82) is 0 Å². The number of amides is 1. The summed E-state index contributed by atoms with van der Waals surface area (Å²) in [6.45, 7) is -0.105. The topological polar surface area (TPSA) is 73.3 Å². The molecule has 1 aromatic carbocycles. The molecule has 3 rings (SSSR count). The SMILES string of the molecule is O=C(COc1cncc(Br)c1)Nc1ccc(Oc2cccnc2)cc1. The van der Waals surface area contributed by atoms with E-state index in [9.17, 15) is 4.79 Å². The first kappa shape index (κ1) is 16.9. The van der Waals surface area contributed by atoms with Gasteiger partial charge in [-0.05, 0) is 58.4 Å². The number of carbonyl (C=O) groups is 1. The van der Waals surface area contributed by atoms with Gasteiger partial charge in [-0.15, -0.1) is 0 Å². The zero-order chi connectivity index (χ0) is 17.5. The summed E-state index contributed by atoms with van der Waals surface area (Å²) < 4.78 is 11.8. The lowest BCUT2D eigenvalue weighted by atomic mass is 10.3. The monoisotopic (exact) mass is 399 g/mol. The van der Waals surface area contributed by atoms with Crippen LogP contribution in [0, 0.1) is 0 Å². The van der Waals surface area contributed by atoms with E-state index in [0.29, 0.717) is 22.9 Å². The van der Waals surface area contributed by atoms with Crippen molar-refractivity contribution < 1.29 is 14.3 Å². The molecular weight excluding hydrogens is 386 g/mol. The van der Waals surface area contributed by atoms with Gasteiger partial charge in [-0.2, -0.15) is 0 Å². The molecule has 2 aromatic heterocycles. The number of rotatable bonds is 6. The molecule has 0 saturated carbocycles. The standard InChI is InChI=1S/C18H14BrN3O3/c19-13-8-17(11-21-9-13)24-12-18(23)22-14-3-5-15(6-4-14)25-16-2-1-7-20-10-16/h1-11H,12H2,(H,22,23). The van der Waals surface area contributed by atoms with Crippen LogP contribution in [0.15, 0.2) is 71.7 Å². The second-order valence-corrected chi connectivity index (χ2v) is 5.91. The zero-order valence-electron chi connectivity index (χ0n) is 13.1. The van der Waals surface area contributed by atoms with E-state index in [1.165, 1.54) is 0 Å². The van der Waals surface area contributed by atoms with Crippen LogP contribution < -0.4 is 14.8 Å². The highest BCUT2D eigenvalue weighted by molar-refractivity contribution is 9.10. The lowest BCUT2D eigenvalue weighted by molar-refractivity contribution is -0.118. The van der Waals surface area contributed by atoms with Gasteiger partial charge >= 0.3 is 0 Å². The Bertz CT molecular complexity index is 842. The number of hydrogen-bond donors (Lipinski definition) is 1. The number of pyridine rings is 2. The van der Waals surface area contributed by atoms with E-state index >= 15 is 0 Å². The number of benzene rings is 1. The minimum Gasteiger partial charge on any atom is -0.482 e. The highest BCUT2D eigenvalue weighted by Crippen LogP contribution is 2.22. The van der Waals surface area contributed by atoms with Crippen LogP contribution in [0.4, 0.5) is 5.69 Å². The van der Waals surface area contributed by atoms with Gasteiger partial charge in [-0.1, -0.05) is 0 Å². The molecule has 0 aliphatic rings. The van der Waals surface area contributed by atoms with Crippen LogP contribution in [-0.4, -0.2) is 22.5 Å². The predicted molar refractivity (Wildman–Crippen MR) is 96.8 cm³/mol. The third-order valence-corrected chi connectivity index (χ3v) is 3.49. The van der Waals surface area contributed by atoms with Crippen molar-refractivity contribution in [2.24, 2.45) is 0 Å². The van der Waals surface area contributed by atoms with Crippen LogP contribution in [0.5, 0.6) is 17.2 Å². The van der Waals surface area contributed by atoms with Gasteiger partial charge in [0.2, 0.25) is 0 Å². The van der Waals surface area contributed by atoms with Crippen LogP contribution in [0.2, 0.25) is 0 Å². The Kier molecular flexibility index (Phi) is 5.58.